The van der Waals surface area contributed by atoms with E-state index in [1.54, 1.807) is 17.7 Å². The third-order valence-electron chi connectivity index (χ3n) is 4.16. The number of aromatic nitrogens is 6. The van der Waals surface area contributed by atoms with Crippen LogP contribution in [0, 0.1) is 0 Å². The Morgan fingerprint density at radius 3 is 3.18 bits per heavy atom. The molecular weight excluding hydrogens is 298 g/mol. The number of anilines is 1. The zero-order chi connectivity index (χ0) is 14.9. The minimum absolute atomic E-state index is 0.307. The average molecular weight is 315 g/mol. The second-order valence-electron chi connectivity index (χ2n) is 5.54. The number of hydrogen-bond donors (Lipinski definition) is 1. The summed E-state index contributed by atoms with van der Waals surface area (Å²) in [5.74, 6) is 2.14. The minimum atomic E-state index is 0.307. The SMILES string of the molecule is CCc1cc2c(N3CCC[C@H](c4nn[nH]n4)C3)ncnc2s1. The van der Waals surface area contributed by atoms with E-state index in [0.717, 1.165) is 54.2 Å². The van der Waals surface area contributed by atoms with Gasteiger partial charge in [0.1, 0.15) is 17.0 Å². The fraction of sp³-hybridized carbons (Fsp3) is 0.500. The molecule has 0 aliphatic carbocycles. The Balaban J connectivity index is 1.67. The Bertz CT molecular complexity index is 767. The maximum absolute atomic E-state index is 4.55. The van der Waals surface area contributed by atoms with E-state index in [1.165, 1.54) is 4.88 Å². The summed E-state index contributed by atoms with van der Waals surface area (Å²) in [6, 6.07) is 2.23. The van der Waals surface area contributed by atoms with Crippen molar-refractivity contribution in [2.45, 2.75) is 32.1 Å². The number of hydrogen-bond acceptors (Lipinski definition) is 7. The van der Waals surface area contributed by atoms with Gasteiger partial charge in [0.2, 0.25) is 0 Å². The molecule has 114 valence electrons. The van der Waals surface area contributed by atoms with Crippen molar-refractivity contribution in [1.82, 2.24) is 30.6 Å². The van der Waals surface area contributed by atoms with Crippen LogP contribution in [-0.2, 0) is 6.42 Å². The lowest BCUT2D eigenvalue weighted by Crippen LogP contribution is -2.35. The number of H-pyrrole nitrogens is 1. The molecule has 1 N–H and O–H groups in total. The standard InChI is InChI=1S/C14H17N7S/c1-2-10-6-11-13(15-8-16-14(11)22-10)21-5-3-4-9(7-21)12-17-19-20-18-12/h6,8-9H,2-5,7H2,1H3,(H,17,18,19,20)/t9-/m0/s1. The molecule has 0 spiro atoms. The molecule has 7 nitrogen and oxygen atoms in total. The smallest absolute Gasteiger partial charge is 0.179 e. The van der Waals surface area contributed by atoms with E-state index in [1.807, 2.05) is 0 Å². The first-order chi connectivity index (χ1) is 10.8. The van der Waals surface area contributed by atoms with Gasteiger partial charge in [0, 0.05) is 23.9 Å². The van der Waals surface area contributed by atoms with Gasteiger partial charge >= 0.3 is 0 Å². The van der Waals surface area contributed by atoms with Gasteiger partial charge in [-0.15, -0.1) is 21.5 Å². The van der Waals surface area contributed by atoms with E-state index in [0.29, 0.717) is 5.92 Å². The Morgan fingerprint density at radius 2 is 2.36 bits per heavy atom. The van der Waals surface area contributed by atoms with Gasteiger partial charge in [0.15, 0.2) is 5.82 Å². The lowest BCUT2D eigenvalue weighted by atomic mass is 9.97. The first-order valence-corrected chi connectivity index (χ1v) is 8.38. The average Bonchev–Trinajstić information content (AvgIpc) is 3.23. The van der Waals surface area contributed by atoms with Crippen LogP contribution < -0.4 is 4.90 Å². The van der Waals surface area contributed by atoms with Gasteiger partial charge in [0.05, 0.1) is 5.39 Å². The number of tetrazole rings is 1. The van der Waals surface area contributed by atoms with E-state index >= 15 is 0 Å². The lowest BCUT2D eigenvalue weighted by molar-refractivity contribution is 0.490. The number of fused-ring (bicyclic) bond motifs is 1. The Labute approximate surface area is 131 Å². The molecule has 0 saturated carbocycles. The van der Waals surface area contributed by atoms with E-state index in [-0.39, 0.29) is 0 Å². The molecule has 1 aliphatic heterocycles. The number of piperidine rings is 1. The molecule has 4 rings (SSSR count). The molecule has 3 aromatic rings. The Kier molecular flexibility index (Phi) is 3.45. The van der Waals surface area contributed by atoms with Gasteiger partial charge < -0.3 is 4.90 Å². The van der Waals surface area contributed by atoms with E-state index in [4.69, 9.17) is 0 Å². The third-order valence-corrected chi connectivity index (χ3v) is 5.34. The van der Waals surface area contributed by atoms with Crippen LogP contribution in [0.3, 0.4) is 0 Å². The summed E-state index contributed by atoms with van der Waals surface area (Å²) in [5.41, 5.74) is 0. The molecule has 22 heavy (non-hydrogen) atoms. The maximum atomic E-state index is 4.55. The van der Waals surface area contributed by atoms with Gasteiger partial charge in [-0.05, 0) is 25.3 Å². The molecule has 1 aliphatic rings. The highest BCUT2D eigenvalue weighted by molar-refractivity contribution is 7.18. The van der Waals surface area contributed by atoms with Crippen molar-refractivity contribution in [2.24, 2.45) is 0 Å². The van der Waals surface area contributed by atoms with Gasteiger partial charge in [-0.1, -0.05) is 12.1 Å². The van der Waals surface area contributed by atoms with E-state index in [9.17, 15) is 0 Å². The lowest BCUT2D eigenvalue weighted by Gasteiger charge is -2.32. The fourth-order valence-corrected chi connectivity index (χ4v) is 3.97. The normalized spacial score (nSPS) is 19.0. The number of aryl methyl sites for hydroxylation is 1. The highest BCUT2D eigenvalue weighted by Gasteiger charge is 2.26. The number of rotatable bonds is 3. The van der Waals surface area contributed by atoms with Crippen LogP contribution in [0.4, 0.5) is 5.82 Å². The summed E-state index contributed by atoms with van der Waals surface area (Å²) >= 11 is 1.76. The summed E-state index contributed by atoms with van der Waals surface area (Å²) in [6.07, 6.45) is 4.90. The van der Waals surface area contributed by atoms with Gasteiger partial charge in [-0.3, -0.25) is 0 Å². The topological polar surface area (TPSA) is 83.5 Å². The molecule has 0 bridgehead atoms. The Morgan fingerprint density at radius 1 is 1.41 bits per heavy atom. The van der Waals surface area contributed by atoms with Crippen molar-refractivity contribution in [3.8, 4) is 0 Å². The fourth-order valence-electron chi connectivity index (χ4n) is 3.04. The van der Waals surface area contributed by atoms with Crippen LogP contribution in [0.2, 0.25) is 0 Å². The van der Waals surface area contributed by atoms with Gasteiger partial charge in [-0.25, -0.2) is 9.97 Å². The zero-order valence-corrected chi connectivity index (χ0v) is 13.2. The molecule has 0 unspecified atom stereocenters. The molecule has 3 aromatic heterocycles. The monoisotopic (exact) mass is 315 g/mol. The van der Waals surface area contributed by atoms with E-state index in [2.05, 4.69) is 48.5 Å². The highest BCUT2D eigenvalue weighted by atomic mass is 32.1. The number of thiophene rings is 1. The number of nitrogens with zero attached hydrogens (tertiary/aromatic N) is 6. The summed E-state index contributed by atoms with van der Waals surface area (Å²) in [4.78, 5) is 13.7. The van der Waals surface area contributed by atoms with Crippen molar-refractivity contribution >= 4 is 27.4 Å². The van der Waals surface area contributed by atoms with Crippen LogP contribution in [0.5, 0.6) is 0 Å². The molecule has 4 heterocycles. The van der Waals surface area contributed by atoms with Crippen LogP contribution in [0.25, 0.3) is 10.2 Å². The largest absolute Gasteiger partial charge is 0.355 e. The molecule has 0 amide bonds. The van der Waals surface area contributed by atoms with Crippen LogP contribution in [0.15, 0.2) is 12.4 Å². The number of aromatic amines is 1. The van der Waals surface area contributed by atoms with Crippen LogP contribution in [-0.4, -0.2) is 43.7 Å². The first-order valence-electron chi connectivity index (χ1n) is 7.57. The summed E-state index contributed by atoms with van der Waals surface area (Å²) in [6.45, 7) is 4.06. The van der Waals surface area contributed by atoms with Crippen LogP contribution in [0.1, 0.15) is 36.4 Å². The Hall–Kier alpha value is -2.09. The van der Waals surface area contributed by atoms with Gasteiger partial charge in [-0.2, -0.15) is 5.21 Å². The van der Waals surface area contributed by atoms with Crippen molar-refractivity contribution < 1.29 is 0 Å². The summed E-state index contributed by atoms with van der Waals surface area (Å²) in [7, 11) is 0. The highest BCUT2D eigenvalue weighted by Crippen LogP contribution is 2.33. The van der Waals surface area contributed by atoms with Crippen molar-refractivity contribution in [1.29, 1.82) is 0 Å². The first kappa shape index (κ1) is 13.6. The zero-order valence-electron chi connectivity index (χ0n) is 12.4. The quantitative estimate of drug-likeness (QED) is 0.797. The molecule has 8 heteroatoms. The maximum Gasteiger partial charge on any atom is 0.179 e. The second kappa shape index (κ2) is 5.60. The molecule has 1 saturated heterocycles. The third kappa shape index (κ3) is 2.33. The van der Waals surface area contributed by atoms with Crippen molar-refractivity contribution in [3.63, 3.8) is 0 Å². The molecule has 0 aromatic carbocycles. The van der Waals surface area contributed by atoms with Crippen LogP contribution >= 0.6 is 11.3 Å². The molecule has 1 fully saturated rings. The predicted molar refractivity (Wildman–Crippen MR) is 85.2 cm³/mol. The minimum Gasteiger partial charge on any atom is -0.355 e. The summed E-state index contributed by atoms with van der Waals surface area (Å²) in [5, 5.41) is 15.7. The van der Waals surface area contributed by atoms with Crippen molar-refractivity contribution in [3.05, 3.63) is 23.1 Å². The molecule has 1 atom stereocenters. The molecular formula is C14H17N7S. The summed E-state index contributed by atoms with van der Waals surface area (Å²) < 4.78 is 0. The van der Waals surface area contributed by atoms with Gasteiger partial charge in [0.25, 0.3) is 0 Å². The predicted octanol–water partition coefficient (Wildman–Crippen LogP) is 2.15. The number of nitrogens with one attached hydrogen (secondary N) is 1. The van der Waals surface area contributed by atoms with Crippen molar-refractivity contribution in [2.75, 3.05) is 18.0 Å². The van der Waals surface area contributed by atoms with E-state index < -0.39 is 0 Å². The molecule has 0 radical (unpaired) electrons. The second-order valence-corrected chi connectivity index (χ2v) is 6.65.